The first-order valence-corrected chi connectivity index (χ1v) is 6.25. The lowest BCUT2D eigenvalue weighted by Gasteiger charge is -2.11. The summed E-state index contributed by atoms with van der Waals surface area (Å²) in [6.45, 7) is 2.16. The van der Waals surface area contributed by atoms with Crippen molar-refractivity contribution in [1.29, 1.82) is 0 Å². The summed E-state index contributed by atoms with van der Waals surface area (Å²) in [6, 6.07) is 3.91. The molecule has 1 aromatic carbocycles. The molecule has 0 unspecified atom stereocenters. The van der Waals surface area contributed by atoms with E-state index in [9.17, 15) is 14.9 Å². The molecular weight excluding hydrogens is 318 g/mol. The van der Waals surface area contributed by atoms with Gasteiger partial charge >= 0.3 is 6.03 Å². The number of nitrogens with one attached hydrogen (secondary N) is 2. The first-order chi connectivity index (χ1) is 8.93. The van der Waals surface area contributed by atoms with E-state index >= 15 is 0 Å². The van der Waals surface area contributed by atoms with Crippen LogP contribution in [0.5, 0.6) is 0 Å². The molecule has 0 aromatic heterocycles. The van der Waals surface area contributed by atoms with Crippen LogP contribution >= 0.6 is 15.9 Å². The first kappa shape index (κ1) is 15.4. The number of halogens is 1. The van der Waals surface area contributed by atoms with Crippen molar-refractivity contribution in [3.63, 3.8) is 0 Å². The van der Waals surface area contributed by atoms with Gasteiger partial charge in [0.15, 0.2) is 0 Å². The number of nitrogens with zero attached hydrogens (tertiary/aromatic N) is 1. The van der Waals surface area contributed by atoms with Crippen molar-refractivity contribution < 1.29 is 14.5 Å². The summed E-state index contributed by atoms with van der Waals surface area (Å²) in [7, 11) is 1.54. The van der Waals surface area contributed by atoms with Crippen LogP contribution < -0.4 is 10.6 Å². The Morgan fingerprint density at radius 1 is 1.58 bits per heavy atom. The van der Waals surface area contributed by atoms with E-state index in [4.69, 9.17) is 4.74 Å². The first-order valence-electron chi connectivity index (χ1n) is 5.45. The molecule has 0 fully saturated rings. The largest absolute Gasteiger partial charge is 0.380 e. The second-order valence-electron chi connectivity index (χ2n) is 3.80. The van der Waals surface area contributed by atoms with E-state index in [1.165, 1.54) is 12.1 Å². The molecule has 1 aromatic rings. The van der Waals surface area contributed by atoms with Gasteiger partial charge in [0.05, 0.1) is 15.5 Å². The molecule has 1 rings (SSSR count). The normalized spacial score (nSPS) is 11.7. The Kier molecular flexibility index (Phi) is 5.71. The van der Waals surface area contributed by atoms with Crippen LogP contribution in [0.4, 0.5) is 16.2 Å². The molecule has 0 heterocycles. The Labute approximate surface area is 118 Å². The minimum atomic E-state index is -0.528. The zero-order valence-corrected chi connectivity index (χ0v) is 12.1. The molecule has 7 nitrogen and oxygen atoms in total. The Bertz CT molecular complexity index is 481. The van der Waals surface area contributed by atoms with Gasteiger partial charge in [-0.1, -0.05) is 0 Å². The third-order valence-electron chi connectivity index (χ3n) is 2.35. The molecule has 0 aliphatic carbocycles. The highest BCUT2D eigenvalue weighted by molar-refractivity contribution is 9.10. The van der Waals surface area contributed by atoms with Crippen LogP contribution in [-0.2, 0) is 4.74 Å². The molecule has 0 saturated carbocycles. The van der Waals surface area contributed by atoms with Crippen molar-refractivity contribution >= 4 is 33.3 Å². The maximum absolute atomic E-state index is 11.5. The summed E-state index contributed by atoms with van der Waals surface area (Å²) in [6.07, 6.45) is -0.106. The Balaban J connectivity index is 2.64. The van der Waals surface area contributed by atoms with Crippen molar-refractivity contribution in [2.45, 2.75) is 13.0 Å². The summed E-state index contributed by atoms with van der Waals surface area (Å²) in [5.74, 6) is 0. The lowest BCUT2D eigenvalue weighted by molar-refractivity contribution is -0.385. The zero-order valence-electron chi connectivity index (χ0n) is 10.5. The van der Waals surface area contributed by atoms with Gasteiger partial charge in [-0.2, -0.15) is 0 Å². The maximum Gasteiger partial charge on any atom is 0.319 e. The van der Waals surface area contributed by atoms with Gasteiger partial charge in [-0.25, -0.2) is 4.79 Å². The predicted octanol–water partition coefficient (Wildman–Crippen LogP) is 2.51. The summed E-state index contributed by atoms with van der Waals surface area (Å²) >= 11 is 3.07. The smallest absolute Gasteiger partial charge is 0.319 e. The minimum absolute atomic E-state index is 0.106. The predicted molar refractivity (Wildman–Crippen MR) is 74.3 cm³/mol. The van der Waals surface area contributed by atoms with Crippen LogP contribution in [-0.4, -0.2) is 30.7 Å². The number of urea groups is 1. The molecule has 0 aliphatic heterocycles. The van der Waals surface area contributed by atoms with E-state index in [0.717, 1.165) is 0 Å². The van der Waals surface area contributed by atoms with E-state index in [1.54, 1.807) is 13.2 Å². The number of anilines is 1. The highest BCUT2D eigenvalue weighted by Crippen LogP contribution is 2.27. The van der Waals surface area contributed by atoms with E-state index in [1.807, 2.05) is 6.92 Å². The summed E-state index contributed by atoms with van der Waals surface area (Å²) in [5, 5.41) is 15.8. The van der Waals surface area contributed by atoms with Crippen molar-refractivity contribution in [2.75, 3.05) is 19.0 Å². The number of amides is 2. The molecule has 0 saturated heterocycles. The molecule has 0 spiro atoms. The fourth-order valence-corrected chi connectivity index (χ4v) is 1.62. The molecular formula is C11H14BrN3O4. The van der Waals surface area contributed by atoms with Gasteiger partial charge in [-0.3, -0.25) is 10.1 Å². The van der Waals surface area contributed by atoms with Crippen LogP contribution in [0.3, 0.4) is 0 Å². The lowest BCUT2D eigenvalue weighted by atomic mass is 10.3. The quantitative estimate of drug-likeness (QED) is 0.640. The van der Waals surface area contributed by atoms with E-state index in [-0.39, 0.29) is 11.8 Å². The van der Waals surface area contributed by atoms with Gasteiger partial charge in [-0.05, 0) is 35.0 Å². The van der Waals surface area contributed by atoms with Crippen LogP contribution in [0, 0.1) is 10.1 Å². The van der Waals surface area contributed by atoms with E-state index in [0.29, 0.717) is 16.7 Å². The van der Waals surface area contributed by atoms with Gasteiger partial charge < -0.3 is 15.4 Å². The van der Waals surface area contributed by atoms with E-state index in [2.05, 4.69) is 26.6 Å². The van der Waals surface area contributed by atoms with Gasteiger partial charge in [-0.15, -0.1) is 0 Å². The van der Waals surface area contributed by atoms with E-state index < -0.39 is 11.0 Å². The van der Waals surface area contributed by atoms with Crippen molar-refractivity contribution in [2.24, 2.45) is 0 Å². The second-order valence-corrected chi connectivity index (χ2v) is 4.66. The highest BCUT2D eigenvalue weighted by Gasteiger charge is 2.13. The zero-order chi connectivity index (χ0) is 14.4. The van der Waals surface area contributed by atoms with Crippen LogP contribution in [0.2, 0.25) is 0 Å². The van der Waals surface area contributed by atoms with Crippen LogP contribution in [0.25, 0.3) is 0 Å². The molecule has 1 atom stereocenters. The third-order valence-corrected chi connectivity index (χ3v) is 3.02. The van der Waals surface area contributed by atoms with Gasteiger partial charge in [0, 0.05) is 25.4 Å². The van der Waals surface area contributed by atoms with Crippen LogP contribution in [0.15, 0.2) is 22.7 Å². The van der Waals surface area contributed by atoms with Gasteiger partial charge in [0.1, 0.15) is 0 Å². The molecule has 19 heavy (non-hydrogen) atoms. The van der Waals surface area contributed by atoms with Gasteiger partial charge in [0.25, 0.3) is 5.69 Å². The monoisotopic (exact) mass is 331 g/mol. The van der Waals surface area contributed by atoms with Crippen molar-refractivity contribution in [3.8, 4) is 0 Å². The lowest BCUT2D eigenvalue weighted by Crippen LogP contribution is -2.34. The number of hydrogen-bond donors (Lipinski definition) is 2. The second kappa shape index (κ2) is 7.05. The summed E-state index contributed by atoms with van der Waals surface area (Å²) in [5.41, 5.74) is 0.237. The topological polar surface area (TPSA) is 93.5 Å². The molecule has 0 radical (unpaired) electrons. The molecule has 2 N–H and O–H groups in total. The highest BCUT2D eigenvalue weighted by atomic mass is 79.9. The number of carbonyl (C=O) groups is 1. The van der Waals surface area contributed by atoms with Crippen LogP contribution in [0.1, 0.15) is 6.92 Å². The number of carbonyl (C=O) groups excluding carboxylic acids is 1. The number of ether oxygens (including phenoxy) is 1. The number of nitro groups is 1. The Morgan fingerprint density at radius 2 is 2.26 bits per heavy atom. The Morgan fingerprint density at radius 3 is 2.84 bits per heavy atom. The maximum atomic E-state index is 11.5. The summed E-state index contributed by atoms with van der Waals surface area (Å²) < 4.78 is 5.34. The molecule has 2 amide bonds. The molecule has 0 bridgehead atoms. The standard InChI is InChI=1S/C11H14BrN3O4/c1-7(19-2)6-13-11(16)14-8-3-4-9(12)10(5-8)15(17)18/h3-5,7H,6H2,1-2H3,(H2,13,14,16)/t7-/m0/s1. The molecule has 8 heteroatoms. The fourth-order valence-electron chi connectivity index (χ4n) is 1.23. The SMILES string of the molecule is CO[C@@H](C)CNC(=O)Nc1ccc(Br)c([N+](=O)[O-])c1. The fraction of sp³-hybridized carbons (Fsp3) is 0.364. The Hall–Kier alpha value is -1.67. The van der Waals surface area contributed by atoms with Crippen molar-refractivity contribution in [1.82, 2.24) is 5.32 Å². The van der Waals surface area contributed by atoms with Crippen molar-refractivity contribution in [3.05, 3.63) is 32.8 Å². The number of rotatable bonds is 5. The molecule has 0 aliphatic rings. The average molecular weight is 332 g/mol. The number of benzene rings is 1. The number of hydrogen-bond acceptors (Lipinski definition) is 4. The average Bonchev–Trinajstić information content (AvgIpc) is 2.37. The number of methoxy groups -OCH3 is 1. The minimum Gasteiger partial charge on any atom is -0.380 e. The van der Waals surface area contributed by atoms with Gasteiger partial charge in [0.2, 0.25) is 0 Å². The molecule has 104 valence electrons. The number of nitro benzene ring substituents is 1. The summed E-state index contributed by atoms with van der Waals surface area (Å²) in [4.78, 5) is 21.8. The third kappa shape index (κ3) is 4.84.